The van der Waals surface area contributed by atoms with Crippen LogP contribution < -0.4 is 16.5 Å². The maximum Gasteiger partial charge on any atom is 0.272 e. The summed E-state index contributed by atoms with van der Waals surface area (Å²) in [6.45, 7) is 0. The first-order valence-corrected chi connectivity index (χ1v) is 9.71. The van der Waals surface area contributed by atoms with Crippen LogP contribution in [-0.2, 0) is 17.6 Å². The molecule has 0 bridgehead atoms. The number of aromatic amines is 1. The van der Waals surface area contributed by atoms with Crippen molar-refractivity contribution in [2.75, 3.05) is 5.32 Å². The molecule has 3 aromatic rings. The van der Waals surface area contributed by atoms with Crippen LogP contribution in [0.1, 0.15) is 27.0 Å². The fourth-order valence-electron chi connectivity index (χ4n) is 4.20. The van der Waals surface area contributed by atoms with E-state index in [0.717, 1.165) is 12.8 Å². The Labute approximate surface area is 171 Å². The summed E-state index contributed by atoms with van der Waals surface area (Å²) in [5.74, 6) is -0.606. The van der Waals surface area contributed by atoms with Gasteiger partial charge >= 0.3 is 0 Å². The number of carbonyl (C=O) groups excluding carboxylic acids is 2. The molecule has 0 unspecified atom stereocenters. The zero-order valence-corrected chi connectivity index (χ0v) is 16.1. The minimum absolute atomic E-state index is 0.0425. The third-order valence-corrected chi connectivity index (χ3v) is 5.95. The van der Waals surface area contributed by atoms with Crippen LogP contribution in [0, 0.1) is 5.92 Å². The van der Waals surface area contributed by atoms with Crippen molar-refractivity contribution in [2.24, 2.45) is 16.8 Å². The van der Waals surface area contributed by atoms with Gasteiger partial charge in [-0.2, -0.15) is 5.10 Å². The highest BCUT2D eigenvalue weighted by Gasteiger charge is 2.31. The molecule has 0 saturated carbocycles. The number of hydrogen-bond donors (Lipinski definition) is 4. The second kappa shape index (κ2) is 6.72. The van der Waals surface area contributed by atoms with E-state index in [0.29, 0.717) is 32.9 Å². The SMILES string of the molecule is N[C@@H](C(=O)Nc1cc2c3c(c(Cl)[nH]c3c1)C=NNC2=O)C1Cc2ccccc2C1. The Bertz CT molecular complexity index is 1170. The Morgan fingerprint density at radius 3 is 2.69 bits per heavy atom. The number of benzene rings is 2. The largest absolute Gasteiger partial charge is 0.345 e. The lowest BCUT2D eigenvalue weighted by Crippen LogP contribution is -2.42. The van der Waals surface area contributed by atoms with Crippen LogP contribution in [0.4, 0.5) is 5.69 Å². The lowest BCUT2D eigenvalue weighted by Gasteiger charge is -2.18. The number of aromatic nitrogens is 1. The molecule has 2 aliphatic rings. The summed E-state index contributed by atoms with van der Waals surface area (Å²) in [5.41, 5.74) is 13.4. The van der Waals surface area contributed by atoms with Crippen molar-refractivity contribution in [3.8, 4) is 0 Å². The number of nitrogens with zero attached hydrogens (tertiary/aromatic N) is 1. The molecule has 0 saturated heterocycles. The molecule has 1 atom stereocenters. The number of halogens is 1. The molecule has 1 aliphatic heterocycles. The van der Waals surface area contributed by atoms with E-state index in [1.807, 2.05) is 12.1 Å². The van der Waals surface area contributed by atoms with Gasteiger partial charge in [-0.15, -0.1) is 0 Å². The van der Waals surface area contributed by atoms with Crippen molar-refractivity contribution in [2.45, 2.75) is 18.9 Å². The van der Waals surface area contributed by atoms with Crippen LogP contribution in [-0.4, -0.2) is 29.1 Å². The van der Waals surface area contributed by atoms with E-state index in [9.17, 15) is 9.59 Å². The van der Waals surface area contributed by atoms with Gasteiger partial charge in [-0.05, 0) is 42.0 Å². The number of rotatable bonds is 3. The quantitative estimate of drug-likeness (QED) is 0.535. The Balaban J connectivity index is 1.42. The molecule has 29 heavy (non-hydrogen) atoms. The molecule has 146 valence electrons. The van der Waals surface area contributed by atoms with Gasteiger partial charge in [0.05, 0.1) is 23.3 Å². The maximum absolute atomic E-state index is 12.8. The molecule has 2 heterocycles. The van der Waals surface area contributed by atoms with Gasteiger partial charge in [0.2, 0.25) is 5.91 Å². The van der Waals surface area contributed by atoms with E-state index in [-0.39, 0.29) is 17.7 Å². The van der Waals surface area contributed by atoms with Gasteiger partial charge in [-0.25, -0.2) is 5.43 Å². The van der Waals surface area contributed by atoms with Crippen LogP contribution in [0.3, 0.4) is 0 Å². The van der Waals surface area contributed by atoms with Crippen molar-refractivity contribution in [3.63, 3.8) is 0 Å². The zero-order chi connectivity index (χ0) is 20.1. The fourth-order valence-corrected chi connectivity index (χ4v) is 4.45. The Hall–Kier alpha value is -3.16. The zero-order valence-electron chi connectivity index (χ0n) is 15.3. The molecule has 5 rings (SSSR count). The molecule has 2 aromatic carbocycles. The maximum atomic E-state index is 12.8. The summed E-state index contributed by atoms with van der Waals surface area (Å²) < 4.78 is 0. The monoisotopic (exact) mass is 407 g/mol. The number of H-pyrrole nitrogens is 1. The summed E-state index contributed by atoms with van der Waals surface area (Å²) in [6.07, 6.45) is 3.07. The highest BCUT2D eigenvalue weighted by Crippen LogP contribution is 2.32. The summed E-state index contributed by atoms with van der Waals surface area (Å²) in [7, 11) is 0. The highest BCUT2D eigenvalue weighted by molar-refractivity contribution is 6.35. The second-order valence-electron chi connectivity index (χ2n) is 7.45. The molecule has 1 aliphatic carbocycles. The predicted octanol–water partition coefficient (Wildman–Crippen LogP) is 2.58. The number of hydrogen-bond acceptors (Lipinski definition) is 4. The first-order valence-electron chi connectivity index (χ1n) is 9.33. The van der Waals surface area contributed by atoms with E-state index in [2.05, 4.69) is 33.0 Å². The smallest absolute Gasteiger partial charge is 0.272 e. The number of anilines is 1. The summed E-state index contributed by atoms with van der Waals surface area (Å²) in [4.78, 5) is 28.2. The number of fused-ring (bicyclic) bond motifs is 1. The normalized spacial score (nSPS) is 16.4. The van der Waals surface area contributed by atoms with Gasteiger partial charge in [0.1, 0.15) is 5.15 Å². The van der Waals surface area contributed by atoms with Crippen LogP contribution in [0.25, 0.3) is 10.9 Å². The molecule has 7 nitrogen and oxygen atoms in total. The van der Waals surface area contributed by atoms with Crippen LogP contribution in [0.2, 0.25) is 5.15 Å². The van der Waals surface area contributed by atoms with Crippen molar-refractivity contribution >= 4 is 46.2 Å². The Morgan fingerprint density at radius 2 is 1.97 bits per heavy atom. The molecule has 0 spiro atoms. The topological polar surface area (TPSA) is 112 Å². The van der Waals surface area contributed by atoms with E-state index < -0.39 is 6.04 Å². The van der Waals surface area contributed by atoms with Gasteiger partial charge in [0.25, 0.3) is 5.91 Å². The predicted molar refractivity (Wildman–Crippen MR) is 112 cm³/mol. The second-order valence-corrected chi connectivity index (χ2v) is 7.83. The number of nitrogens with two attached hydrogens (primary N) is 1. The number of carbonyl (C=O) groups is 2. The molecule has 0 radical (unpaired) electrons. The van der Waals surface area contributed by atoms with Gasteiger partial charge in [0.15, 0.2) is 0 Å². The highest BCUT2D eigenvalue weighted by atomic mass is 35.5. The molecule has 1 aromatic heterocycles. The van der Waals surface area contributed by atoms with E-state index in [1.54, 1.807) is 12.1 Å². The summed E-state index contributed by atoms with van der Waals surface area (Å²) in [5, 5.41) is 7.79. The van der Waals surface area contributed by atoms with E-state index in [1.165, 1.54) is 17.3 Å². The fraction of sp³-hybridized carbons (Fsp3) is 0.190. The Kier molecular flexibility index (Phi) is 4.15. The standard InChI is InChI=1S/C21H18ClN5O2/c22-19-15-9-24-27-20(28)14-7-13(8-16(26-19)17(14)15)25-21(29)18(23)12-5-10-3-1-2-4-11(10)6-12/h1-4,7-9,12,18,26H,5-6,23H2,(H,25,29)(H,27,28)/t18-/m1/s1. The summed E-state index contributed by atoms with van der Waals surface area (Å²) >= 11 is 6.24. The van der Waals surface area contributed by atoms with Gasteiger partial charge in [0, 0.05) is 16.6 Å². The van der Waals surface area contributed by atoms with Crippen LogP contribution >= 0.6 is 11.6 Å². The first kappa shape index (κ1) is 17.9. The van der Waals surface area contributed by atoms with Crippen molar-refractivity contribution in [3.05, 3.63) is 63.8 Å². The number of amides is 2. The summed E-state index contributed by atoms with van der Waals surface area (Å²) in [6, 6.07) is 10.9. The average Bonchev–Trinajstić information content (AvgIpc) is 3.22. The van der Waals surface area contributed by atoms with E-state index >= 15 is 0 Å². The van der Waals surface area contributed by atoms with E-state index in [4.69, 9.17) is 17.3 Å². The van der Waals surface area contributed by atoms with Gasteiger partial charge in [-0.1, -0.05) is 35.9 Å². The Morgan fingerprint density at radius 1 is 1.24 bits per heavy atom. The number of hydrazone groups is 1. The molecule has 8 heteroatoms. The average molecular weight is 408 g/mol. The number of nitrogens with one attached hydrogen (secondary N) is 3. The van der Waals surface area contributed by atoms with Crippen LogP contribution in [0.15, 0.2) is 41.5 Å². The van der Waals surface area contributed by atoms with Crippen LogP contribution in [0.5, 0.6) is 0 Å². The lowest BCUT2D eigenvalue weighted by molar-refractivity contribution is -0.118. The molecule has 5 N–H and O–H groups in total. The first-order chi connectivity index (χ1) is 14.0. The van der Waals surface area contributed by atoms with Crippen molar-refractivity contribution < 1.29 is 9.59 Å². The minimum Gasteiger partial charge on any atom is -0.345 e. The molecular weight excluding hydrogens is 390 g/mol. The van der Waals surface area contributed by atoms with Crippen molar-refractivity contribution in [1.82, 2.24) is 10.4 Å². The third kappa shape index (κ3) is 2.99. The molecule has 2 amide bonds. The van der Waals surface area contributed by atoms with Gasteiger partial charge < -0.3 is 16.0 Å². The molecule has 0 fully saturated rings. The third-order valence-electron chi connectivity index (χ3n) is 5.65. The van der Waals surface area contributed by atoms with Crippen molar-refractivity contribution in [1.29, 1.82) is 0 Å². The minimum atomic E-state index is -0.655. The molecular formula is C21H18ClN5O2. The van der Waals surface area contributed by atoms with Gasteiger partial charge in [-0.3, -0.25) is 9.59 Å². The lowest BCUT2D eigenvalue weighted by atomic mass is 9.96.